The van der Waals surface area contributed by atoms with E-state index >= 15 is 0 Å². The molecule has 0 aliphatic carbocycles. The van der Waals surface area contributed by atoms with Crippen molar-refractivity contribution in [3.05, 3.63) is 70.9 Å². The van der Waals surface area contributed by atoms with Gasteiger partial charge in [0.2, 0.25) is 5.91 Å². The van der Waals surface area contributed by atoms with E-state index in [1.807, 2.05) is 36.5 Å². The minimum atomic E-state index is -0.415. The standard InChI is InChI=1S/C19H14ClN3O/c20-16-5-3-4-13(9-16)14(10-21)8-15-11-23(12-19(22)24)18-7-2-1-6-17(15)18/h1-9,11H,12H2,(H2,22,24). The van der Waals surface area contributed by atoms with Gasteiger partial charge < -0.3 is 10.3 Å². The predicted octanol–water partition coefficient (Wildman–Crippen LogP) is 3.84. The summed E-state index contributed by atoms with van der Waals surface area (Å²) in [6.45, 7) is 0.0907. The van der Waals surface area contributed by atoms with Crippen LogP contribution < -0.4 is 5.73 Å². The van der Waals surface area contributed by atoms with Crippen molar-refractivity contribution in [2.24, 2.45) is 5.73 Å². The summed E-state index contributed by atoms with van der Waals surface area (Å²) >= 11 is 6.01. The maximum Gasteiger partial charge on any atom is 0.237 e. The Morgan fingerprint density at radius 1 is 1.25 bits per heavy atom. The number of carbonyl (C=O) groups excluding carboxylic acids is 1. The SMILES string of the molecule is N#CC(=Cc1cn(CC(N)=O)c2ccccc12)c1cccc(Cl)c1. The van der Waals surface area contributed by atoms with Crippen LogP contribution in [0, 0.1) is 11.3 Å². The molecular formula is C19H14ClN3O. The largest absolute Gasteiger partial charge is 0.368 e. The number of aromatic nitrogens is 1. The first-order valence-corrected chi connectivity index (χ1v) is 7.70. The maximum absolute atomic E-state index is 11.3. The Balaban J connectivity index is 2.15. The van der Waals surface area contributed by atoms with Gasteiger partial charge in [-0.05, 0) is 29.8 Å². The van der Waals surface area contributed by atoms with Gasteiger partial charge in [0.15, 0.2) is 0 Å². The molecule has 0 unspecified atom stereocenters. The molecule has 0 atom stereocenters. The fraction of sp³-hybridized carbons (Fsp3) is 0.0526. The van der Waals surface area contributed by atoms with Crippen molar-refractivity contribution in [1.82, 2.24) is 4.57 Å². The number of rotatable bonds is 4. The van der Waals surface area contributed by atoms with Crippen molar-refractivity contribution in [3.8, 4) is 6.07 Å². The topological polar surface area (TPSA) is 71.8 Å². The number of para-hydroxylation sites is 1. The second-order valence-electron chi connectivity index (χ2n) is 5.38. The number of amides is 1. The fourth-order valence-electron chi connectivity index (χ4n) is 2.68. The second kappa shape index (κ2) is 6.61. The molecule has 0 fully saturated rings. The molecule has 2 N–H and O–H groups in total. The van der Waals surface area contributed by atoms with Crippen LogP contribution in [0.15, 0.2) is 54.7 Å². The highest BCUT2D eigenvalue weighted by Gasteiger charge is 2.10. The molecule has 0 aliphatic rings. The molecular weight excluding hydrogens is 322 g/mol. The van der Waals surface area contributed by atoms with Crippen molar-refractivity contribution in [2.75, 3.05) is 0 Å². The molecule has 118 valence electrons. The summed E-state index contributed by atoms with van der Waals surface area (Å²) in [6, 6.07) is 17.0. The highest BCUT2D eigenvalue weighted by atomic mass is 35.5. The molecule has 0 saturated heterocycles. The third-order valence-corrected chi connectivity index (χ3v) is 3.94. The number of benzene rings is 2. The monoisotopic (exact) mass is 335 g/mol. The van der Waals surface area contributed by atoms with Crippen LogP contribution in [0.4, 0.5) is 0 Å². The molecule has 0 spiro atoms. The van der Waals surface area contributed by atoms with Gasteiger partial charge in [-0.2, -0.15) is 5.26 Å². The van der Waals surface area contributed by atoms with Crippen LogP contribution in [0.2, 0.25) is 5.02 Å². The zero-order valence-electron chi connectivity index (χ0n) is 12.7. The van der Waals surface area contributed by atoms with Crippen molar-refractivity contribution in [1.29, 1.82) is 5.26 Å². The summed E-state index contributed by atoms with van der Waals surface area (Å²) in [4.78, 5) is 11.3. The number of nitriles is 1. The molecule has 3 rings (SSSR count). The van der Waals surface area contributed by atoms with Crippen LogP contribution in [-0.2, 0) is 11.3 Å². The van der Waals surface area contributed by atoms with E-state index in [0.717, 1.165) is 22.0 Å². The van der Waals surface area contributed by atoms with Crippen molar-refractivity contribution in [2.45, 2.75) is 6.54 Å². The zero-order valence-corrected chi connectivity index (χ0v) is 13.5. The van der Waals surface area contributed by atoms with E-state index in [-0.39, 0.29) is 6.54 Å². The van der Waals surface area contributed by atoms with E-state index in [4.69, 9.17) is 17.3 Å². The lowest BCUT2D eigenvalue weighted by atomic mass is 10.0. The lowest BCUT2D eigenvalue weighted by Gasteiger charge is -2.00. The molecule has 0 bridgehead atoms. The number of primary amides is 1. The number of hydrogen-bond acceptors (Lipinski definition) is 2. The molecule has 0 radical (unpaired) electrons. The van der Waals surface area contributed by atoms with E-state index in [1.165, 1.54) is 0 Å². The molecule has 1 heterocycles. The van der Waals surface area contributed by atoms with Crippen LogP contribution in [0.3, 0.4) is 0 Å². The average Bonchev–Trinajstić information content (AvgIpc) is 2.90. The van der Waals surface area contributed by atoms with E-state index in [9.17, 15) is 10.1 Å². The van der Waals surface area contributed by atoms with Crippen molar-refractivity contribution in [3.63, 3.8) is 0 Å². The van der Waals surface area contributed by atoms with Crippen LogP contribution in [0.5, 0.6) is 0 Å². The Morgan fingerprint density at radius 3 is 2.75 bits per heavy atom. The molecule has 3 aromatic rings. The van der Waals surface area contributed by atoms with E-state index in [2.05, 4.69) is 6.07 Å². The lowest BCUT2D eigenvalue weighted by Crippen LogP contribution is -2.17. The summed E-state index contributed by atoms with van der Waals surface area (Å²) in [6.07, 6.45) is 3.63. The number of fused-ring (bicyclic) bond motifs is 1. The minimum absolute atomic E-state index is 0.0907. The highest BCUT2D eigenvalue weighted by molar-refractivity contribution is 6.30. The van der Waals surface area contributed by atoms with Gasteiger partial charge in [-0.1, -0.05) is 41.9 Å². The smallest absolute Gasteiger partial charge is 0.237 e. The van der Waals surface area contributed by atoms with Gasteiger partial charge >= 0.3 is 0 Å². The predicted molar refractivity (Wildman–Crippen MR) is 96.1 cm³/mol. The molecule has 2 aromatic carbocycles. The van der Waals surface area contributed by atoms with Crippen molar-refractivity contribution >= 4 is 40.1 Å². The molecule has 0 aliphatic heterocycles. The Labute approximate surface area is 144 Å². The van der Waals surface area contributed by atoms with Gasteiger partial charge in [-0.3, -0.25) is 4.79 Å². The van der Waals surface area contributed by atoms with Gasteiger partial charge in [0, 0.05) is 27.7 Å². The molecule has 1 aromatic heterocycles. The number of nitrogens with two attached hydrogens (primary N) is 1. The first-order chi connectivity index (χ1) is 11.6. The summed E-state index contributed by atoms with van der Waals surface area (Å²) < 4.78 is 1.79. The Morgan fingerprint density at radius 2 is 2.04 bits per heavy atom. The van der Waals surface area contributed by atoms with Crippen LogP contribution >= 0.6 is 11.6 Å². The Bertz CT molecular complexity index is 995. The number of allylic oxidation sites excluding steroid dienone is 1. The van der Waals surface area contributed by atoms with Gasteiger partial charge in [-0.15, -0.1) is 0 Å². The summed E-state index contributed by atoms with van der Waals surface area (Å²) in [5, 5.41) is 11.0. The number of nitrogens with zero attached hydrogens (tertiary/aromatic N) is 2. The average molecular weight is 336 g/mol. The van der Waals surface area contributed by atoms with Crippen LogP contribution in [0.25, 0.3) is 22.6 Å². The Kier molecular flexibility index (Phi) is 4.37. The van der Waals surface area contributed by atoms with E-state index < -0.39 is 5.91 Å². The third kappa shape index (κ3) is 3.17. The fourth-order valence-corrected chi connectivity index (χ4v) is 2.87. The number of hydrogen-bond donors (Lipinski definition) is 1. The minimum Gasteiger partial charge on any atom is -0.368 e. The second-order valence-corrected chi connectivity index (χ2v) is 5.81. The summed E-state index contributed by atoms with van der Waals surface area (Å²) in [7, 11) is 0. The quantitative estimate of drug-likeness (QED) is 0.736. The highest BCUT2D eigenvalue weighted by Crippen LogP contribution is 2.27. The molecule has 24 heavy (non-hydrogen) atoms. The molecule has 1 amide bonds. The lowest BCUT2D eigenvalue weighted by molar-refractivity contribution is -0.118. The van der Waals surface area contributed by atoms with E-state index in [0.29, 0.717) is 10.6 Å². The molecule has 0 saturated carbocycles. The zero-order chi connectivity index (χ0) is 17.1. The maximum atomic E-state index is 11.3. The van der Waals surface area contributed by atoms with Crippen LogP contribution in [-0.4, -0.2) is 10.5 Å². The molecule has 4 nitrogen and oxygen atoms in total. The number of carbonyl (C=O) groups is 1. The first-order valence-electron chi connectivity index (χ1n) is 7.32. The van der Waals surface area contributed by atoms with Crippen LogP contribution in [0.1, 0.15) is 11.1 Å². The van der Waals surface area contributed by atoms with Crippen molar-refractivity contribution < 1.29 is 4.79 Å². The van der Waals surface area contributed by atoms with Gasteiger partial charge in [0.1, 0.15) is 6.54 Å². The summed E-state index contributed by atoms with van der Waals surface area (Å²) in [5.74, 6) is -0.415. The Hall–Kier alpha value is -3.03. The number of halogens is 1. The molecule has 5 heteroatoms. The van der Waals surface area contributed by atoms with Gasteiger partial charge in [-0.25, -0.2) is 0 Å². The first kappa shape index (κ1) is 15.9. The van der Waals surface area contributed by atoms with Gasteiger partial charge in [0.25, 0.3) is 0 Å². The summed E-state index contributed by atoms with van der Waals surface area (Å²) in [5.41, 5.74) is 8.31. The normalized spacial score (nSPS) is 11.4. The van der Waals surface area contributed by atoms with E-state index in [1.54, 1.807) is 28.8 Å². The third-order valence-electron chi connectivity index (χ3n) is 3.70. The van der Waals surface area contributed by atoms with Gasteiger partial charge in [0.05, 0.1) is 11.6 Å².